The van der Waals surface area contributed by atoms with Crippen molar-refractivity contribution < 1.29 is 9.53 Å². The number of nitrogens with one attached hydrogen (secondary N) is 1. The molecule has 1 heterocycles. The third-order valence-electron chi connectivity index (χ3n) is 3.31. The number of hydrogen-bond donors (Lipinski definition) is 1. The van der Waals surface area contributed by atoms with Crippen LogP contribution in [0.2, 0.25) is 0 Å². The summed E-state index contributed by atoms with van der Waals surface area (Å²) in [7, 11) is 1.62. The van der Waals surface area contributed by atoms with Crippen LogP contribution >= 0.6 is 34.4 Å². The molecule has 0 spiro atoms. The Morgan fingerprint density at radius 1 is 1.16 bits per heavy atom. The van der Waals surface area contributed by atoms with Gasteiger partial charge in [-0.3, -0.25) is 10.1 Å². The summed E-state index contributed by atoms with van der Waals surface area (Å²) in [5, 5.41) is 11.3. The van der Waals surface area contributed by atoms with Gasteiger partial charge in [0.15, 0.2) is 5.17 Å². The largest absolute Gasteiger partial charge is 0.497 e. The second-order valence-corrected chi connectivity index (χ2v) is 7.20. The summed E-state index contributed by atoms with van der Waals surface area (Å²) in [5.74, 6) is 0.621. The van der Waals surface area contributed by atoms with E-state index in [2.05, 4.69) is 38.1 Å². The number of thioether (sulfide) groups is 1. The van der Waals surface area contributed by atoms with Crippen molar-refractivity contribution in [2.45, 2.75) is 0 Å². The molecular weight excluding hydrogens is 449 g/mol. The molecule has 5 nitrogen and oxygen atoms in total. The molecular formula is C18H14IN3O2S. The predicted octanol–water partition coefficient (Wildman–Crippen LogP) is 3.89. The van der Waals surface area contributed by atoms with E-state index in [9.17, 15) is 4.79 Å². The number of benzene rings is 2. The predicted molar refractivity (Wildman–Crippen MR) is 111 cm³/mol. The first-order valence-electron chi connectivity index (χ1n) is 7.36. The molecule has 1 aliphatic heterocycles. The first kappa shape index (κ1) is 17.7. The van der Waals surface area contributed by atoms with E-state index >= 15 is 0 Å². The number of carbonyl (C=O) groups excluding carboxylic acids is 1. The summed E-state index contributed by atoms with van der Waals surface area (Å²) in [6, 6.07) is 15.3. The smallest absolute Gasteiger partial charge is 0.264 e. The van der Waals surface area contributed by atoms with Crippen molar-refractivity contribution in [1.29, 1.82) is 0 Å². The number of nitrogens with zero attached hydrogens (tertiary/aromatic N) is 2. The summed E-state index contributed by atoms with van der Waals surface area (Å²) in [5.41, 5.74) is 1.90. The van der Waals surface area contributed by atoms with Gasteiger partial charge >= 0.3 is 0 Å². The fraction of sp³-hybridized carbons (Fsp3) is 0.0556. The maximum Gasteiger partial charge on any atom is 0.264 e. The zero-order valence-electron chi connectivity index (χ0n) is 13.3. The monoisotopic (exact) mass is 463 g/mol. The van der Waals surface area contributed by atoms with E-state index < -0.39 is 0 Å². The van der Waals surface area contributed by atoms with Gasteiger partial charge in [-0.25, -0.2) is 0 Å². The average Bonchev–Trinajstić information content (AvgIpc) is 2.97. The molecule has 3 rings (SSSR count). The van der Waals surface area contributed by atoms with E-state index in [0.717, 1.165) is 20.4 Å². The zero-order valence-corrected chi connectivity index (χ0v) is 16.2. The van der Waals surface area contributed by atoms with Crippen molar-refractivity contribution in [2.24, 2.45) is 10.2 Å². The highest BCUT2D eigenvalue weighted by Gasteiger charge is 2.24. The van der Waals surface area contributed by atoms with Crippen LogP contribution in [-0.4, -0.2) is 24.4 Å². The molecule has 1 aliphatic rings. The van der Waals surface area contributed by atoms with Crippen LogP contribution in [0.15, 0.2) is 63.6 Å². The third kappa shape index (κ3) is 4.70. The fourth-order valence-electron chi connectivity index (χ4n) is 2.05. The molecule has 7 heteroatoms. The Hall–Kier alpha value is -2.13. The molecule has 0 saturated carbocycles. The summed E-state index contributed by atoms with van der Waals surface area (Å²) in [6.07, 6.45) is 3.48. The lowest BCUT2D eigenvalue weighted by molar-refractivity contribution is -0.115. The van der Waals surface area contributed by atoms with Crippen molar-refractivity contribution in [2.75, 3.05) is 7.11 Å². The van der Waals surface area contributed by atoms with E-state index in [1.54, 1.807) is 13.3 Å². The molecule has 126 valence electrons. The molecule has 0 unspecified atom stereocenters. The van der Waals surface area contributed by atoms with Gasteiger partial charge in [0, 0.05) is 3.57 Å². The Labute approximate surface area is 163 Å². The minimum Gasteiger partial charge on any atom is -0.497 e. The third-order valence-corrected chi connectivity index (χ3v) is 5.20. The van der Waals surface area contributed by atoms with E-state index in [4.69, 9.17) is 4.74 Å². The van der Waals surface area contributed by atoms with Crippen molar-refractivity contribution in [1.82, 2.24) is 5.32 Å². The highest BCUT2D eigenvalue weighted by atomic mass is 127. The Morgan fingerprint density at radius 2 is 1.92 bits per heavy atom. The standard InChI is InChI=1S/C18H14IN3O2S/c1-24-14-8-6-12(7-9-14)11-20-22-18-21-17(23)16(25-18)10-13-4-2-3-5-15(13)19/h2-11H,1H3,(H,21,22,23). The van der Waals surface area contributed by atoms with Crippen LogP contribution in [0.4, 0.5) is 0 Å². The molecule has 1 fully saturated rings. The Kier molecular flexibility index (Phi) is 5.87. The minimum absolute atomic E-state index is 0.164. The summed E-state index contributed by atoms with van der Waals surface area (Å²) >= 11 is 3.52. The SMILES string of the molecule is COc1ccc(C=NN=C2NC(=O)C(=Cc3ccccc3I)S2)cc1. The normalized spacial score (nSPS) is 17.4. The number of halogens is 1. The maximum absolute atomic E-state index is 12.1. The Balaban J connectivity index is 1.70. The molecule has 0 aromatic heterocycles. The molecule has 1 N–H and O–H groups in total. The van der Waals surface area contributed by atoms with E-state index in [-0.39, 0.29) is 5.91 Å². The Bertz CT molecular complexity index is 876. The van der Waals surface area contributed by atoms with Gasteiger partial charge in [-0.05, 0) is 81.9 Å². The number of rotatable bonds is 4. The topological polar surface area (TPSA) is 63.1 Å². The van der Waals surface area contributed by atoms with Gasteiger partial charge in [0.25, 0.3) is 5.91 Å². The zero-order chi connectivity index (χ0) is 17.6. The van der Waals surface area contributed by atoms with Gasteiger partial charge in [-0.2, -0.15) is 5.10 Å². The summed E-state index contributed by atoms with van der Waals surface area (Å²) in [4.78, 5) is 12.7. The van der Waals surface area contributed by atoms with E-state index in [1.807, 2.05) is 54.6 Å². The number of amidine groups is 1. The highest BCUT2D eigenvalue weighted by Crippen LogP contribution is 2.27. The molecule has 0 aliphatic carbocycles. The van der Waals surface area contributed by atoms with Gasteiger partial charge in [-0.15, -0.1) is 5.10 Å². The first-order chi connectivity index (χ1) is 12.2. The molecule has 0 radical (unpaired) electrons. The van der Waals surface area contributed by atoms with Gasteiger partial charge in [-0.1, -0.05) is 18.2 Å². The molecule has 25 heavy (non-hydrogen) atoms. The molecule has 0 bridgehead atoms. The second kappa shape index (κ2) is 8.30. The number of methoxy groups -OCH3 is 1. The highest BCUT2D eigenvalue weighted by molar-refractivity contribution is 14.1. The lowest BCUT2D eigenvalue weighted by atomic mass is 10.2. The lowest BCUT2D eigenvalue weighted by Crippen LogP contribution is -2.19. The Morgan fingerprint density at radius 3 is 2.64 bits per heavy atom. The molecule has 2 aromatic carbocycles. The van der Waals surface area contributed by atoms with Gasteiger partial charge in [0.05, 0.1) is 18.2 Å². The molecule has 0 atom stereocenters. The van der Waals surface area contributed by atoms with Crippen LogP contribution in [0.1, 0.15) is 11.1 Å². The van der Waals surface area contributed by atoms with Crippen molar-refractivity contribution >= 4 is 57.7 Å². The molecule has 1 saturated heterocycles. The second-order valence-electron chi connectivity index (χ2n) is 5.01. The first-order valence-corrected chi connectivity index (χ1v) is 9.26. The van der Waals surface area contributed by atoms with E-state index in [0.29, 0.717) is 10.1 Å². The van der Waals surface area contributed by atoms with Crippen molar-refractivity contribution in [3.8, 4) is 5.75 Å². The van der Waals surface area contributed by atoms with Gasteiger partial charge in [0.1, 0.15) is 5.75 Å². The van der Waals surface area contributed by atoms with Gasteiger partial charge < -0.3 is 4.74 Å². The summed E-state index contributed by atoms with van der Waals surface area (Å²) < 4.78 is 6.19. The minimum atomic E-state index is -0.164. The average molecular weight is 463 g/mol. The van der Waals surface area contributed by atoms with Crippen LogP contribution < -0.4 is 10.1 Å². The van der Waals surface area contributed by atoms with Crippen LogP contribution in [0.25, 0.3) is 6.08 Å². The van der Waals surface area contributed by atoms with E-state index in [1.165, 1.54) is 11.8 Å². The van der Waals surface area contributed by atoms with Crippen LogP contribution in [0.3, 0.4) is 0 Å². The van der Waals surface area contributed by atoms with Crippen molar-refractivity contribution in [3.05, 3.63) is 68.1 Å². The van der Waals surface area contributed by atoms with Crippen LogP contribution in [0.5, 0.6) is 5.75 Å². The lowest BCUT2D eigenvalue weighted by Gasteiger charge is -1.98. The number of carbonyl (C=O) groups is 1. The van der Waals surface area contributed by atoms with Gasteiger partial charge in [0.2, 0.25) is 0 Å². The fourth-order valence-corrected chi connectivity index (χ4v) is 3.36. The molecule has 1 amide bonds. The maximum atomic E-state index is 12.1. The number of hydrogen-bond acceptors (Lipinski definition) is 5. The van der Waals surface area contributed by atoms with Crippen LogP contribution in [-0.2, 0) is 4.79 Å². The van der Waals surface area contributed by atoms with Crippen molar-refractivity contribution in [3.63, 3.8) is 0 Å². The molecule has 2 aromatic rings. The number of amides is 1. The quantitative estimate of drug-likeness (QED) is 0.324. The number of ether oxygens (including phenoxy) is 1. The van der Waals surface area contributed by atoms with Crippen LogP contribution in [0, 0.1) is 3.57 Å². The summed E-state index contributed by atoms with van der Waals surface area (Å²) in [6.45, 7) is 0.